The van der Waals surface area contributed by atoms with Gasteiger partial charge in [-0.25, -0.2) is 9.59 Å². The van der Waals surface area contributed by atoms with Gasteiger partial charge in [-0.15, -0.1) is 0 Å². The minimum atomic E-state index is -0.419. The smallest absolute Gasteiger partial charge is 0.337 e. The number of amides is 1. The fourth-order valence-electron chi connectivity index (χ4n) is 1.84. The van der Waals surface area contributed by atoms with Crippen LogP contribution >= 0.6 is 45.2 Å². The third-order valence-corrected chi connectivity index (χ3v) is 5.04. The number of carbonyl (C=O) groups is 3. The fraction of sp³-hybridized carbons (Fsp3) is 0.167. The molecule has 0 aliphatic rings. The van der Waals surface area contributed by atoms with Crippen LogP contribution in [0.5, 0.6) is 0 Å². The van der Waals surface area contributed by atoms with Crippen LogP contribution in [0.3, 0.4) is 0 Å². The van der Waals surface area contributed by atoms with E-state index in [1.165, 1.54) is 21.1 Å². The van der Waals surface area contributed by atoms with Crippen LogP contribution in [0.2, 0.25) is 0 Å². The SMILES string of the molecule is COC(=O)c1ccc(I)c(N)c1.COC(=O)c1ccc(I)c(NC(C)=O)c1. The molecule has 0 unspecified atom stereocenters. The van der Waals surface area contributed by atoms with Gasteiger partial charge in [-0.1, -0.05) is 0 Å². The number of nitrogens with two attached hydrogens (primary N) is 1. The lowest BCUT2D eigenvalue weighted by Gasteiger charge is -2.06. The summed E-state index contributed by atoms with van der Waals surface area (Å²) in [6, 6.07) is 10.1. The van der Waals surface area contributed by atoms with Gasteiger partial charge in [0.2, 0.25) is 5.91 Å². The van der Waals surface area contributed by atoms with E-state index < -0.39 is 5.97 Å². The van der Waals surface area contributed by atoms with E-state index in [0.29, 0.717) is 22.5 Å². The molecule has 2 aromatic rings. The Morgan fingerprint density at radius 2 is 1.37 bits per heavy atom. The minimum Gasteiger partial charge on any atom is -0.465 e. The summed E-state index contributed by atoms with van der Waals surface area (Å²) in [6.45, 7) is 1.42. The normalized spacial score (nSPS) is 9.52. The van der Waals surface area contributed by atoms with E-state index >= 15 is 0 Å². The Morgan fingerprint density at radius 3 is 1.81 bits per heavy atom. The van der Waals surface area contributed by atoms with Crippen molar-refractivity contribution in [1.29, 1.82) is 0 Å². The molecular formula is C18H18I2N2O5. The first-order valence-corrected chi connectivity index (χ1v) is 9.64. The summed E-state index contributed by atoms with van der Waals surface area (Å²) in [5, 5.41) is 2.64. The Labute approximate surface area is 184 Å². The molecule has 2 rings (SSSR count). The van der Waals surface area contributed by atoms with Crippen LogP contribution in [-0.2, 0) is 14.3 Å². The lowest BCUT2D eigenvalue weighted by atomic mass is 10.2. The van der Waals surface area contributed by atoms with Gasteiger partial charge in [0.15, 0.2) is 0 Å². The molecule has 0 fully saturated rings. The average Bonchev–Trinajstić information content (AvgIpc) is 2.64. The standard InChI is InChI=1S/C10H10INO3.C8H8INO2/c1-6(13)12-9-5-7(10(14)15-2)3-4-8(9)11;1-12-8(11)5-2-3-6(9)7(10)4-5/h3-5H,1-2H3,(H,12,13);2-4H,10H2,1H3. The van der Waals surface area contributed by atoms with E-state index in [1.807, 2.05) is 0 Å². The highest BCUT2D eigenvalue weighted by Crippen LogP contribution is 2.20. The van der Waals surface area contributed by atoms with E-state index in [4.69, 9.17) is 5.73 Å². The average molecular weight is 596 g/mol. The second-order valence-corrected chi connectivity index (χ2v) is 7.42. The predicted octanol–water partition coefficient (Wildman–Crippen LogP) is 3.70. The molecule has 0 bridgehead atoms. The van der Waals surface area contributed by atoms with Crippen molar-refractivity contribution >= 4 is 74.4 Å². The van der Waals surface area contributed by atoms with E-state index in [9.17, 15) is 14.4 Å². The Balaban J connectivity index is 0.000000277. The topological polar surface area (TPSA) is 108 Å². The third kappa shape index (κ3) is 7.33. The van der Waals surface area contributed by atoms with Crippen LogP contribution in [0.1, 0.15) is 27.6 Å². The minimum absolute atomic E-state index is 0.171. The maximum absolute atomic E-state index is 11.2. The number of nitrogen functional groups attached to an aromatic ring is 1. The number of rotatable bonds is 3. The van der Waals surface area contributed by atoms with Crippen molar-refractivity contribution in [2.45, 2.75) is 6.92 Å². The Morgan fingerprint density at radius 1 is 0.889 bits per heavy atom. The van der Waals surface area contributed by atoms with Gasteiger partial charge in [0, 0.05) is 19.8 Å². The lowest BCUT2D eigenvalue weighted by Crippen LogP contribution is -2.09. The van der Waals surface area contributed by atoms with Crippen LogP contribution in [-0.4, -0.2) is 32.1 Å². The van der Waals surface area contributed by atoms with E-state index in [1.54, 1.807) is 36.4 Å². The molecule has 2 aromatic carbocycles. The molecular weight excluding hydrogens is 578 g/mol. The molecule has 0 atom stereocenters. The number of hydrogen-bond donors (Lipinski definition) is 2. The maximum atomic E-state index is 11.2. The Hall–Kier alpha value is -1.89. The number of ether oxygens (including phenoxy) is 2. The van der Waals surface area contributed by atoms with Crippen LogP contribution < -0.4 is 11.1 Å². The predicted molar refractivity (Wildman–Crippen MR) is 120 cm³/mol. The molecule has 0 heterocycles. The number of halogens is 2. The molecule has 0 radical (unpaired) electrons. The first-order valence-electron chi connectivity index (χ1n) is 7.48. The van der Waals surface area contributed by atoms with Gasteiger partial charge >= 0.3 is 11.9 Å². The van der Waals surface area contributed by atoms with Gasteiger partial charge in [0.1, 0.15) is 0 Å². The molecule has 0 aliphatic heterocycles. The number of esters is 2. The second-order valence-electron chi connectivity index (χ2n) is 5.10. The molecule has 0 saturated heterocycles. The van der Waals surface area contributed by atoms with Crippen molar-refractivity contribution in [3.8, 4) is 0 Å². The number of benzene rings is 2. The summed E-state index contributed by atoms with van der Waals surface area (Å²) >= 11 is 4.18. The van der Waals surface area contributed by atoms with Crippen molar-refractivity contribution < 1.29 is 23.9 Å². The van der Waals surface area contributed by atoms with Crippen LogP contribution in [0.15, 0.2) is 36.4 Å². The molecule has 9 heteroatoms. The van der Waals surface area contributed by atoms with Crippen molar-refractivity contribution in [2.24, 2.45) is 0 Å². The van der Waals surface area contributed by atoms with Crippen molar-refractivity contribution in [3.05, 3.63) is 54.7 Å². The summed E-state index contributed by atoms with van der Waals surface area (Å²) in [5.41, 5.74) is 7.71. The van der Waals surface area contributed by atoms with E-state index in [0.717, 1.165) is 7.14 Å². The largest absolute Gasteiger partial charge is 0.465 e. The highest BCUT2D eigenvalue weighted by atomic mass is 127. The lowest BCUT2D eigenvalue weighted by molar-refractivity contribution is -0.114. The first-order chi connectivity index (χ1) is 12.7. The first kappa shape index (κ1) is 23.1. The highest BCUT2D eigenvalue weighted by molar-refractivity contribution is 14.1. The molecule has 3 N–H and O–H groups in total. The van der Waals surface area contributed by atoms with Gasteiger partial charge in [-0.3, -0.25) is 4.79 Å². The molecule has 144 valence electrons. The second kappa shape index (κ2) is 11.1. The van der Waals surface area contributed by atoms with Crippen molar-refractivity contribution in [2.75, 3.05) is 25.3 Å². The molecule has 1 amide bonds. The highest BCUT2D eigenvalue weighted by Gasteiger charge is 2.09. The van der Waals surface area contributed by atoms with Crippen molar-refractivity contribution in [3.63, 3.8) is 0 Å². The Kier molecular flexibility index (Phi) is 9.49. The van der Waals surface area contributed by atoms with Crippen LogP contribution in [0, 0.1) is 7.14 Å². The monoisotopic (exact) mass is 596 g/mol. The maximum Gasteiger partial charge on any atom is 0.337 e. The van der Waals surface area contributed by atoms with Gasteiger partial charge < -0.3 is 20.5 Å². The molecule has 0 saturated carbocycles. The summed E-state index contributed by atoms with van der Waals surface area (Å²) in [5.74, 6) is -0.953. The van der Waals surface area contributed by atoms with E-state index in [-0.39, 0.29) is 11.9 Å². The number of anilines is 2. The summed E-state index contributed by atoms with van der Waals surface area (Å²) in [7, 11) is 2.66. The number of methoxy groups -OCH3 is 2. The van der Waals surface area contributed by atoms with Gasteiger partial charge in [0.25, 0.3) is 0 Å². The van der Waals surface area contributed by atoms with E-state index in [2.05, 4.69) is 60.0 Å². The molecule has 0 spiro atoms. The van der Waals surface area contributed by atoms with Gasteiger partial charge in [-0.2, -0.15) is 0 Å². The molecule has 7 nitrogen and oxygen atoms in total. The quantitative estimate of drug-likeness (QED) is 0.318. The number of hydrogen-bond acceptors (Lipinski definition) is 6. The van der Waals surface area contributed by atoms with Crippen LogP contribution in [0.25, 0.3) is 0 Å². The summed E-state index contributed by atoms with van der Waals surface area (Å²) in [6.07, 6.45) is 0. The van der Waals surface area contributed by atoms with Gasteiger partial charge in [0.05, 0.1) is 31.0 Å². The summed E-state index contributed by atoms with van der Waals surface area (Å²) in [4.78, 5) is 33.1. The number of nitrogens with one attached hydrogen (secondary N) is 1. The zero-order valence-corrected chi connectivity index (χ0v) is 19.2. The zero-order valence-electron chi connectivity index (χ0n) is 14.8. The molecule has 0 aliphatic carbocycles. The number of carbonyl (C=O) groups excluding carboxylic acids is 3. The summed E-state index contributed by atoms with van der Waals surface area (Å²) < 4.78 is 10.9. The van der Waals surface area contributed by atoms with Crippen molar-refractivity contribution in [1.82, 2.24) is 0 Å². The zero-order chi connectivity index (χ0) is 20.6. The fourth-order valence-corrected chi connectivity index (χ4v) is 2.65. The molecule has 0 aromatic heterocycles. The van der Waals surface area contributed by atoms with Crippen LogP contribution in [0.4, 0.5) is 11.4 Å². The third-order valence-electron chi connectivity index (χ3n) is 3.12. The Bertz CT molecular complexity index is 856. The molecule has 27 heavy (non-hydrogen) atoms. The van der Waals surface area contributed by atoms with Gasteiger partial charge in [-0.05, 0) is 81.6 Å².